The molecular formula is C22H29NO5. The number of rotatable bonds is 4. The number of hydrogen-bond donors (Lipinski definition) is 0. The topological polar surface area (TPSA) is 72.9 Å². The number of nitrogens with zero attached hydrogens (tertiary/aromatic N) is 1. The van der Waals surface area contributed by atoms with Crippen LogP contribution >= 0.6 is 0 Å². The first kappa shape index (κ1) is 20.4. The van der Waals surface area contributed by atoms with E-state index >= 15 is 0 Å². The zero-order valence-corrected chi connectivity index (χ0v) is 17.5. The third-order valence-corrected chi connectivity index (χ3v) is 6.52. The Morgan fingerprint density at radius 1 is 1.21 bits per heavy atom. The number of fused-ring (bicyclic) bond motifs is 2. The SMILES string of the molecule is CCC(=O)O[C@H]1[C@H](OC(=O)CC)C=C2C=C3C(=C(C)C(=O)N3C)C[C@]2(C)[C@H]1C. The first-order valence-corrected chi connectivity index (χ1v) is 9.95. The maximum atomic E-state index is 12.4. The zero-order valence-electron chi connectivity index (χ0n) is 17.5. The predicted molar refractivity (Wildman–Crippen MR) is 104 cm³/mol. The lowest BCUT2D eigenvalue weighted by Gasteiger charge is -2.48. The van der Waals surface area contributed by atoms with E-state index in [-0.39, 0.29) is 42.0 Å². The minimum atomic E-state index is -0.632. The van der Waals surface area contributed by atoms with E-state index in [4.69, 9.17) is 9.47 Å². The van der Waals surface area contributed by atoms with Crippen molar-refractivity contribution in [1.82, 2.24) is 4.90 Å². The normalized spacial score (nSPS) is 31.7. The molecule has 0 unspecified atom stereocenters. The van der Waals surface area contributed by atoms with Crippen LogP contribution in [0, 0.1) is 11.3 Å². The number of amides is 1. The molecule has 0 bridgehead atoms. The maximum absolute atomic E-state index is 12.4. The average Bonchev–Trinajstić information content (AvgIpc) is 2.87. The Morgan fingerprint density at radius 3 is 2.43 bits per heavy atom. The highest BCUT2D eigenvalue weighted by molar-refractivity contribution is 6.00. The number of esters is 2. The molecule has 3 aliphatic rings. The smallest absolute Gasteiger partial charge is 0.306 e. The van der Waals surface area contributed by atoms with Gasteiger partial charge >= 0.3 is 11.9 Å². The predicted octanol–water partition coefficient (Wildman–Crippen LogP) is 3.29. The molecule has 0 aromatic heterocycles. The number of carbonyl (C=O) groups is 3. The van der Waals surface area contributed by atoms with Crippen molar-refractivity contribution in [2.45, 2.75) is 66.1 Å². The molecule has 152 valence electrons. The first-order chi connectivity index (χ1) is 13.1. The summed E-state index contributed by atoms with van der Waals surface area (Å²) in [7, 11) is 1.78. The van der Waals surface area contributed by atoms with Crippen LogP contribution in [0.25, 0.3) is 0 Å². The quantitative estimate of drug-likeness (QED) is 0.692. The summed E-state index contributed by atoms with van der Waals surface area (Å²) in [5.74, 6) is -0.715. The van der Waals surface area contributed by atoms with E-state index in [1.54, 1.807) is 25.8 Å². The second-order valence-corrected chi connectivity index (χ2v) is 8.12. The summed E-state index contributed by atoms with van der Waals surface area (Å²) in [6.07, 6.45) is 3.94. The van der Waals surface area contributed by atoms with Crippen LogP contribution in [0.1, 0.15) is 53.9 Å². The van der Waals surface area contributed by atoms with E-state index in [0.717, 1.165) is 22.4 Å². The van der Waals surface area contributed by atoms with Gasteiger partial charge in [-0.3, -0.25) is 14.4 Å². The average molecular weight is 387 g/mol. The Labute approximate surface area is 166 Å². The summed E-state index contributed by atoms with van der Waals surface area (Å²) in [6, 6.07) is 0. The molecule has 0 fully saturated rings. The van der Waals surface area contributed by atoms with Crippen LogP contribution in [-0.4, -0.2) is 42.0 Å². The first-order valence-electron chi connectivity index (χ1n) is 9.95. The Hall–Kier alpha value is -2.37. The fourth-order valence-corrected chi connectivity index (χ4v) is 4.39. The lowest BCUT2D eigenvalue weighted by molar-refractivity contribution is -0.172. The van der Waals surface area contributed by atoms with Gasteiger partial charge in [0.25, 0.3) is 5.91 Å². The fourth-order valence-electron chi connectivity index (χ4n) is 4.39. The van der Waals surface area contributed by atoms with Crippen molar-refractivity contribution in [3.8, 4) is 0 Å². The molecule has 3 rings (SSSR count). The number of carbonyl (C=O) groups excluding carboxylic acids is 3. The van der Waals surface area contributed by atoms with Crippen LogP contribution in [0.3, 0.4) is 0 Å². The van der Waals surface area contributed by atoms with E-state index in [9.17, 15) is 14.4 Å². The van der Waals surface area contributed by atoms with Crippen molar-refractivity contribution in [3.63, 3.8) is 0 Å². The van der Waals surface area contributed by atoms with Crippen LogP contribution in [0.2, 0.25) is 0 Å². The van der Waals surface area contributed by atoms with Gasteiger partial charge in [-0.15, -0.1) is 0 Å². The minimum absolute atomic E-state index is 0.0136. The van der Waals surface area contributed by atoms with Gasteiger partial charge in [0.05, 0.1) is 0 Å². The third-order valence-electron chi connectivity index (χ3n) is 6.52. The molecule has 4 atom stereocenters. The Bertz CT molecular complexity index is 821. The summed E-state index contributed by atoms with van der Waals surface area (Å²) in [5, 5.41) is 0. The van der Waals surface area contributed by atoms with Gasteiger partial charge in [0.15, 0.2) is 6.10 Å². The second kappa shape index (κ2) is 7.22. The number of likely N-dealkylation sites (N-methyl/N-ethyl adjacent to an activating group) is 1. The third kappa shape index (κ3) is 3.09. The number of hydrogen-bond acceptors (Lipinski definition) is 5. The summed E-state index contributed by atoms with van der Waals surface area (Å²) in [5.41, 5.74) is 3.42. The van der Waals surface area contributed by atoms with Gasteiger partial charge in [-0.1, -0.05) is 27.7 Å². The molecule has 6 heteroatoms. The molecule has 0 aromatic carbocycles. The molecule has 0 saturated carbocycles. The molecule has 0 spiro atoms. The maximum Gasteiger partial charge on any atom is 0.306 e. The Balaban J connectivity index is 2.08. The van der Waals surface area contributed by atoms with Gasteiger partial charge in [-0.25, -0.2) is 0 Å². The second-order valence-electron chi connectivity index (χ2n) is 8.12. The molecule has 0 radical (unpaired) electrons. The van der Waals surface area contributed by atoms with Crippen LogP contribution < -0.4 is 0 Å². The van der Waals surface area contributed by atoms with Crippen molar-refractivity contribution >= 4 is 17.8 Å². The van der Waals surface area contributed by atoms with Gasteiger partial charge in [-0.2, -0.15) is 0 Å². The van der Waals surface area contributed by atoms with Crippen molar-refractivity contribution in [2.75, 3.05) is 7.05 Å². The number of ether oxygens (including phenoxy) is 2. The fraction of sp³-hybridized carbons (Fsp3) is 0.591. The van der Waals surface area contributed by atoms with Crippen LogP contribution in [0.5, 0.6) is 0 Å². The highest BCUT2D eigenvalue weighted by atomic mass is 16.6. The highest BCUT2D eigenvalue weighted by Gasteiger charge is 2.51. The molecule has 28 heavy (non-hydrogen) atoms. The molecule has 0 N–H and O–H groups in total. The van der Waals surface area contributed by atoms with E-state index in [2.05, 4.69) is 6.92 Å². The summed E-state index contributed by atoms with van der Waals surface area (Å²) in [4.78, 5) is 38.1. The van der Waals surface area contributed by atoms with E-state index in [0.29, 0.717) is 6.42 Å². The lowest BCUT2D eigenvalue weighted by atomic mass is 9.59. The van der Waals surface area contributed by atoms with Crippen LogP contribution in [0.4, 0.5) is 0 Å². The largest absolute Gasteiger partial charge is 0.458 e. The molecule has 1 amide bonds. The molecule has 1 heterocycles. The number of allylic oxidation sites excluding steroid dienone is 3. The molecular weight excluding hydrogens is 358 g/mol. The summed E-state index contributed by atoms with van der Waals surface area (Å²) >= 11 is 0. The highest BCUT2D eigenvalue weighted by Crippen LogP contribution is 2.54. The Kier molecular flexibility index (Phi) is 5.26. The van der Waals surface area contributed by atoms with E-state index in [1.807, 2.05) is 26.0 Å². The van der Waals surface area contributed by atoms with Crippen molar-refractivity contribution in [2.24, 2.45) is 11.3 Å². The summed E-state index contributed by atoms with van der Waals surface area (Å²) in [6.45, 7) is 9.50. The molecule has 0 saturated heterocycles. The van der Waals surface area contributed by atoms with Gasteiger partial charge in [0.1, 0.15) is 6.10 Å². The zero-order chi connectivity index (χ0) is 20.8. The molecule has 1 aliphatic heterocycles. The monoisotopic (exact) mass is 387 g/mol. The van der Waals surface area contributed by atoms with Crippen molar-refractivity contribution < 1.29 is 23.9 Å². The van der Waals surface area contributed by atoms with Gasteiger partial charge in [-0.05, 0) is 36.6 Å². The minimum Gasteiger partial charge on any atom is -0.458 e. The Morgan fingerprint density at radius 2 is 1.82 bits per heavy atom. The van der Waals surface area contributed by atoms with Gasteiger partial charge < -0.3 is 14.4 Å². The van der Waals surface area contributed by atoms with Crippen LogP contribution in [0.15, 0.2) is 34.6 Å². The standard InChI is InChI=1S/C22H29NO5/c1-7-18(24)27-17-10-14-9-16-15(12(3)21(26)23(16)6)11-22(14,5)13(4)20(17)28-19(25)8-2/h9-10,13,17,20H,7-8,11H2,1-6H3/t13-,17+,20+,22+/m0/s1. The summed E-state index contributed by atoms with van der Waals surface area (Å²) < 4.78 is 11.4. The van der Waals surface area contributed by atoms with E-state index < -0.39 is 12.2 Å². The van der Waals surface area contributed by atoms with Gasteiger partial charge in [0, 0.05) is 42.5 Å². The molecule has 0 aromatic rings. The molecule has 2 aliphatic carbocycles. The van der Waals surface area contributed by atoms with E-state index in [1.165, 1.54) is 0 Å². The van der Waals surface area contributed by atoms with Gasteiger partial charge in [0.2, 0.25) is 0 Å². The van der Waals surface area contributed by atoms with Crippen molar-refractivity contribution in [3.05, 3.63) is 34.6 Å². The lowest BCUT2D eigenvalue weighted by Crippen LogP contribution is -2.50. The molecule has 6 nitrogen and oxygen atoms in total. The van der Waals surface area contributed by atoms with Crippen LogP contribution in [-0.2, 0) is 23.9 Å². The van der Waals surface area contributed by atoms with Crippen molar-refractivity contribution in [1.29, 1.82) is 0 Å².